The molecule has 0 radical (unpaired) electrons. The lowest BCUT2D eigenvalue weighted by Gasteiger charge is -2.24. The number of aryl methyl sites for hydroxylation is 1. The van der Waals surface area contributed by atoms with Crippen molar-refractivity contribution >= 4 is 5.97 Å². The molecule has 0 amide bonds. The number of carbonyl (C=O) groups is 1. The van der Waals surface area contributed by atoms with Crippen molar-refractivity contribution in [1.82, 2.24) is 19.7 Å². The Hall–Kier alpha value is -1.43. The smallest absolute Gasteiger partial charge is 0.323 e. The quantitative estimate of drug-likeness (QED) is 0.748. The zero-order valence-electron chi connectivity index (χ0n) is 11.5. The molecule has 0 bridgehead atoms. The molecule has 0 aromatic carbocycles. The van der Waals surface area contributed by atoms with Gasteiger partial charge in [0.05, 0.1) is 13.7 Å². The molecule has 6 heteroatoms. The van der Waals surface area contributed by atoms with Crippen LogP contribution in [0, 0.1) is 11.8 Å². The van der Waals surface area contributed by atoms with Gasteiger partial charge in [0.2, 0.25) is 0 Å². The number of hydrogen-bond donors (Lipinski definition) is 0. The first-order valence-corrected chi connectivity index (χ1v) is 6.85. The predicted octanol–water partition coefficient (Wildman–Crippen LogP) is 0.589. The maximum atomic E-state index is 12.1. The monoisotopic (exact) mass is 264 g/mol. The van der Waals surface area contributed by atoms with E-state index in [1.54, 1.807) is 11.0 Å². The van der Waals surface area contributed by atoms with Crippen LogP contribution in [-0.4, -0.2) is 45.3 Å². The summed E-state index contributed by atoms with van der Waals surface area (Å²) in [5.74, 6) is 1.89. The van der Waals surface area contributed by atoms with E-state index in [0.717, 1.165) is 18.8 Å². The summed E-state index contributed by atoms with van der Waals surface area (Å²) in [6, 6.07) is -0.103. The van der Waals surface area contributed by atoms with Crippen LogP contribution in [0.15, 0.2) is 6.33 Å². The lowest BCUT2D eigenvalue weighted by atomic mass is 9.94. The van der Waals surface area contributed by atoms with Gasteiger partial charge in [-0.2, -0.15) is 5.10 Å². The van der Waals surface area contributed by atoms with Crippen molar-refractivity contribution in [2.45, 2.75) is 31.8 Å². The third kappa shape index (κ3) is 2.14. The van der Waals surface area contributed by atoms with Crippen LogP contribution < -0.4 is 0 Å². The summed E-state index contributed by atoms with van der Waals surface area (Å²) in [5, 5.41) is 4.08. The molecule has 3 rings (SSSR count). The topological polar surface area (TPSA) is 60.2 Å². The summed E-state index contributed by atoms with van der Waals surface area (Å²) in [4.78, 5) is 18.5. The molecule has 6 nitrogen and oxygen atoms in total. The predicted molar refractivity (Wildman–Crippen MR) is 68.0 cm³/mol. The molecule has 2 fully saturated rings. The minimum atomic E-state index is -0.103. The van der Waals surface area contributed by atoms with E-state index in [4.69, 9.17) is 4.74 Å². The van der Waals surface area contributed by atoms with E-state index in [1.165, 1.54) is 20.0 Å². The fourth-order valence-corrected chi connectivity index (χ4v) is 3.65. The van der Waals surface area contributed by atoms with Crippen LogP contribution in [0.2, 0.25) is 0 Å². The van der Waals surface area contributed by atoms with Gasteiger partial charge in [-0.3, -0.25) is 14.4 Å². The van der Waals surface area contributed by atoms with Gasteiger partial charge in [-0.05, 0) is 24.7 Å². The summed E-state index contributed by atoms with van der Waals surface area (Å²) < 4.78 is 6.76. The highest BCUT2D eigenvalue weighted by Gasteiger charge is 2.48. The molecule has 104 valence electrons. The van der Waals surface area contributed by atoms with Crippen LogP contribution in [0.1, 0.15) is 25.1 Å². The van der Waals surface area contributed by atoms with E-state index in [0.29, 0.717) is 18.4 Å². The van der Waals surface area contributed by atoms with Crippen molar-refractivity contribution in [2.24, 2.45) is 18.9 Å². The number of likely N-dealkylation sites (tertiary alicyclic amines) is 1. The molecule has 2 aliphatic rings. The Kier molecular flexibility index (Phi) is 3.26. The fourth-order valence-electron chi connectivity index (χ4n) is 3.65. The summed E-state index contributed by atoms with van der Waals surface area (Å²) in [6.45, 7) is 1.64. The second-order valence-corrected chi connectivity index (χ2v) is 5.55. The third-order valence-corrected chi connectivity index (χ3v) is 4.58. The van der Waals surface area contributed by atoms with Crippen molar-refractivity contribution in [3.8, 4) is 0 Å². The SMILES string of the molecule is COC(=O)[C@@H]1[C@@H]2CCC[C@H]2CN1Cc1ncnn1C. The number of fused-ring (bicyclic) bond motifs is 1. The van der Waals surface area contributed by atoms with Crippen molar-refractivity contribution in [3.63, 3.8) is 0 Å². The Morgan fingerprint density at radius 2 is 2.37 bits per heavy atom. The molecule has 19 heavy (non-hydrogen) atoms. The van der Waals surface area contributed by atoms with Crippen LogP contribution in [0.3, 0.4) is 0 Å². The Morgan fingerprint density at radius 3 is 3.05 bits per heavy atom. The largest absolute Gasteiger partial charge is 0.468 e. The van der Waals surface area contributed by atoms with Crippen molar-refractivity contribution in [3.05, 3.63) is 12.2 Å². The van der Waals surface area contributed by atoms with Gasteiger partial charge in [0, 0.05) is 13.6 Å². The highest BCUT2D eigenvalue weighted by Crippen LogP contribution is 2.42. The van der Waals surface area contributed by atoms with E-state index in [1.807, 2.05) is 7.05 Å². The van der Waals surface area contributed by atoms with E-state index in [2.05, 4.69) is 15.0 Å². The zero-order chi connectivity index (χ0) is 13.4. The first-order chi connectivity index (χ1) is 9.20. The third-order valence-electron chi connectivity index (χ3n) is 4.58. The zero-order valence-corrected chi connectivity index (χ0v) is 11.5. The minimum absolute atomic E-state index is 0.100. The fraction of sp³-hybridized carbons (Fsp3) is 0.769. The van der Waals surface area contributed by atoms with E-state index >= 15 is 0 Å². The Bertz CT molecular complexity index is 473. The van der Waals surface area contributed by atoms with E-state index in [-0.39, 0.29) is 12.0 Å². The first kappa shape index (κ1) is 12.6. The normalized spacial score (nSPS) is 30.5. The van der Waals surface area contributed by atoms with Gasteiger partial charge in [0.25, 0.3) is 0 Å². The van der Waals surface area contributed by atoms with Crippen LogP contribution in [0.25, 0.3) is 0 Å². The molecule has 1 aliphatic heterocycles. The Balaban J connectivity index is 1.80. The summed E-state index contributed by atoms with van der Waals surface area (Å²) >= 11 is 0. The number of hydrogen-bond acceptors (Lipinski definition) is 5. The van der Waals surface area contributed by atoms with Crippen molar-refractivity contribution < 1.29 is 9.53 Å². The molecule has 3 atom stereocenters. The van der Waals surface area contributed by atoms with Gasteiger partial charge in [-0.25, -0.2) is 4.98 Å². The molecule has 1 aromatic rings. The summed E-state index contributed by atoms with van der Waals surface area (Å²) in [6.07, 6.45) is 5.16. The van der Waals surface area contributed by atoms with Crippen LogP contribution in [0.5, 0.6) is 0 Å². The Labute approximate surface area is 112 Å². The molecular formula is C13H20N4O2. The van der Waals surface area contributed by atoms with Crippen molar-refractivity contribution in [2.75, 3.05) is 13.7 Å². The van der Waals surface area contributed by atoms with Gasteiger partial charge in [-0.15, -0.1) is 0 Å². The molecule has 0 spiro atoms. The summed E-state index contributed by atoms with van der Waals surface area (Å²) in [7, 11) is 3.36. The number of carbonyl (C=O) groups excluding carboxylic acids is 1. The number of ether oxygens (including phenoxy) is 1. The molecular weight excluding hydrogens is 244 g/mol. The van der Waals surface area contributed by atoms with Crippen LogP contribution >= 0.6 is 0 Å². The number of nitrogens with zero attached hydrogens (tertiary/aromatic N) is 4. The first-order valence-electron chi connectivity index (χ1n) is 6.85. The van der Waals surface area contributed by atoms with Gasteiger partial charge >= 0.3 is 5.97 Å². The molecule has 0 unspecified atom stereocenters. The minimum Gasteiger partial charge on any atom is -0.468 e. The number of esters is 1. The number of rotatable bonds is 3. The number of aromatic nitrogens is 3. The Morgan fingerprint density at radius 1 is 1.53 bits per heavy atom. The maximum absolute atomic E-state index is 12.1. The number of methoxy groups -OCH3 is 1. The second kappa shape index (κ2) is 4.92. The maximum Gasteiger partial charge on any atom is 0.323 e. The molecule has 1 aliphatic carbocycles. The van der Waals surface area contributed by atoms with Gasteiger partial charge < -0.3 is 4.74 Å². The average Bonchev–Trinajstić information content (AvgIpc) is 3.06. The highest BCUT2D eigenvalue weighted by molar-refractivity contribution is 5.76. The van der Waals surface area contributed by atoms with Crippen LogP contribution in [0.4, 0.5) is 0 Å². The van der Waals surface area contributed by atoms with E-state index in [9.17, 15) is 4.79 Å². The lowest BCUT2D eigenvalue weighted by Crippen LogP contribution is -2.40. The molecule has 2 heterocycles. The standard InChI is InChI=1S/C13H20N4O2/c1-16-11(14-8-15-16)7-17-6-9-4-3-5-10(9)12(17)13(18)19-2/h8-10,12H,3-7H2,1-2H3/t9-,10+,12-/m0/s1. The average molecular weight is 264 g/mol. The molecule has 0 N–H and O–H groups in total. The highest BCUT2D eigenvalue weighted by atomic mass is 16.5. The van der Waals surface area contributed by atoms with Gasteiger partial charge in [0.1, 0.15) is 18.2 Å². The van der Waals surface area contributed by atoms with Crippen molar-refractivity contribution in [1.29, 1.82) is 0 Å². The van der Waals surface area contributed by atoms with Gasteiger partial charge in [-0.1, -0.05) is 6.42 Å². The molecule has 1 saturated carbocycles. The van der Waals surface area contributed by atoms with Crippen LogP contribution in [-0.2, 0) is 23.1 Å². The van der Waals surface area contributed by atoms with Gasteiger partial charge in [0.15, 0.2) is 0 Å². The summed E-state index contributed by atoms with van der Waals surface area (Å²) in [5.41, 5.74) is 0. The lowest BCUT2D eigenvalue weighted by molar-refractivity contribution is -0.147. The molecule has 1 saturated heterocycles. The molecule has 1 aromatic heterocycles. The second-order valence-electron chi connectivity index (χ2n) is 5.55. The van der Waals surface area contributed by atoms with E-state index < -0.39 is 0 Å².